The fourth-order valence-electron chi connectivity index (χ4n) is 3.14. The molecule has 3 nitrogen and oxygen atoms in total. The van der Waals surface area contributed by atoms with Crippen molar-refractivity contribution < 1.29 is 13.2 Å². The van der Waals surface area contributed by atoms with Crippen molar-refractivity contribution in [3.05, 3.63) is 29.3 Å². The average Bonchev–Trinajstić information content (AvgIpc) is 2.89. The highest BCUT2D eigenvalue weighted by atomic mass is 35.5. The van der Waals surface area contributed by atoms with Crippen LogP contribution in [0.15, 0.2) is 18.2 Å². The number of rotatable bonds is 3. The van der Waals surface area contributed by atoms with E-state index in [9.17, 15) is 13.2 Å². The molecule has 0 saturated carbocycles. The predicted molar refractivity (Wildman–Crippen MR) is 83.7 cm³/mol. The van der Waals surface area contributed by atoms with E-state index in [1.807, 2.05) is 0 Å². The Morgan fingerprint density at radius 2 is 1.73 bits per heavy atom. The quantitative estimate of drug-likeness (QED) is 0.916. The number of fused-ring (bicyclic) bond motifs is 1. The SMILES string of the molecule is Cl.FC(F)(F)CN1CCN(Cc2cccc3c2NCC3)CC1. The van der Waals surface area contributed by atoms with Crippen LogP contribution in [0.2, 0.25) is 0 Å². The second kappa shape index (κ2) is 7.06. The lowest BCUT2D eigenvalue weighted by molar-refractivity contribution is -0.149. The minimum absolute atomic E-state index is 0. The van der Waals surface area contributed by atoms with Gasteiger partial charge in [-0.3, -0.25) is 9.80 Å². The molecule has 2 aliphatic heterocycles. The summed E-state index contributed by atoms with van der Waals surface area (Å²) in [4.78, 5) is 3.73. The zero-order valence-corrected chi connectivity index (χ0v) is 13.1. The number of para-hydroxylation sites is 1. The normalized spacial score (nSPS) is 19.4. The molecule has 0 spiro atoms. The van der Waals surface area contributed by atoms with Crippen LogP contribution < -0.4 is 5.32 Å². The highest BCUT2D eigenvalue weighted by molar-refractivity contribution is 5.85. The third-order valence-corrected chi connectivity index (χ3v) is 4.19. The fourth-order valence-corrected chi connectivity index (χ4v) is 3.14. The molecular formula is C15H21ClF3N3. The van der Waals surface area contributed by atoms with Gasteiger partial charge < -0.3 is 5.32 Å². The largest absolute Gasteiger partial charge is 0.401 e. The molecule has 22 heavy (non-hydrogen) atoms. The molecule has 0 aromatic heterocycles. The standard InChI is InChI=1S/C15H20F3N3.ClH/c16-15(17,18)11-21-8-6-20(7-9-21)10-13-3-1-2-12-4-5-19-14(12)13;/h1-3,19H,4-11H2;1H. The summed E-state index contributed by atoms with van der Waals surface area (Å²) >= 11 is 0. The van der Waals surface area contributed by atoms with Crippen LogP contribution >= 0.6 is 12.4 Å². The molecule has 0 atom stereocenters. The van der Waals surface area contributed by atoms with Crippen LogP contribution in [0, 0.1) is 0 Å². The van der Waals surface area contributed by atoms with Crippen molar-refractivity contribution in [3.8, 4) is 0 Å². The van der Waals surface area contributed by atoms with Gasteiger partial charge in [0.1, 0.15) is 0 Å². The summed E-state index contributed by atoms with van der Waals surface area (Å²) in [7, 11) is 0. The number of hydrogen-bond acceptors (Lipinski definition) is 3. The van der Waals surface area contributed by atoms with Crippen LogP contribution in [0.4, 0.5) is 18.9 Å². The summed E-state index contributed by atoms with van der Waals surface area (Å²) < 4.78 is 37.1. The molecule has 0 unspecified atom stereocenters. The lowest BCUT2D eigenvalue weighted by Gasteiger charge is -2.35. The van der Waals surface area contributed by atoms with E-state index in [4.69, 9.17) is 0 Å². The first-order chi connectivity index (χ1) is 10.0. The van der Waals surface area contributed by atoms with Crippen LogP contribution in [0.25, 0.3) is 0 Å². The van der Waals surface area contributed by atoms with Gasteiger partial charge in [0, 0.05) is 45.0 Å². The van der Waals surface area contributed by atoms with E-state index in [2.05, 4.69) is 28.4 Å². The number of nitrogens with zero attached hydrogens (tertiary/aromatic N) is 2. The number of anilines is 1. The van der Waals surface area contributed by atoms with E-state index in [0.717, 1.165) is 19.5 Å². The topological polar surface area (TPSA) is 18.5 Å². The van der Waals surface area contributed by atoms with Crippen molar-refractivity contribution in [3.63, 3.8) is 0 Å². The zero-order chi connectivity index (χ0) is 14.9. The number of hydrogen-bond donors (Lipinski definition) is 1. The summed E-state index contributed by atoms with van der Waals surface area (Å²) in [5.41, 5.74) is 3.84. The summed E-state index contributed by atoms with van der Waals surface area (Å²) in [6.45, 7) is 3.37. The first-order valence-electron chi connectivity index (χ1n) is 7.37. The van der Waals surface area contributed by atoms with Crippen molar-refractivity contribution in [2.75, 3.05) is 44.6 Å². The Morgan fingerprint density at radius 3 is 2.41 bits per heavy atom. The average molecular weight is 336 g/mol. The van der Waals surface area contributed by atoms with Crippen LogP contribution in [-0.2, 0) is 13.0 Å². The number of alkyl halides is 3. The number of benzene rings is 1. The molecule has 1 aromatic rings. The van der Waals surface area contributed by atoms with Gasteiger partial charge in [-0.15, -0.1) is 12.4 Å². The maximum absolute atomic E-state index is 12.4. The van der Waals surface area contributed by atoms with Gasteiger partial charge in [-0.2, -0.15) is 13.2 Å². The van der Waals surface area contributed by atoms with Crippen molar-refractivity contribution in [2.24, 2.45) is 0 Å². The lowest BCUT2D eigenvalue weighted by atomic mass is 10.1. The van der Waals surface area contributed by atoms with Gasteiger partial charge in [-0.1, -0.05) is 18.2 Å². The lowest BCUT2D eigenvalue weighted by Crippen LogP contribution is -2.48. The Hall–Kier alpha value is -0.980. The molecule has 3 rings (SSSR count). The number of piperazine rings is 1. The molecule has 124 valence electrons. The maximum atomic E-state index is 12.4. The minimum atomic E-state index is -4.09. The van der Waals surface area contributed by atoms with Crippen molar-refractivity contribution in [1.29, 1.82) is 0 Å². The number of halogens is 4. The van der Waals surface area contributed by atoms with Crippen LogP contribution in [-0.4, -0.2) is 55.2 Å². The Labute approximate surface area is 134 Å². The molecule has 2 heterocycles. The van der Waals surface area contributed by atoms with E-state index in [-0.39, 0.29) is 12.4 Å². The first-order valence-corrected chi connectivity index (χ1v) is 7.37. The van der Waals surface area contributed by atoms with E-state index < -0.39 is 12.7 Å². The second-order valence-corrected chi connectivity index (χ2v) is 5.80. The Morgan fingerprint density at radius 1 is 1.05 bits per heavy atom. The zero-order valence-electron chi connectivity index (χ0n) is 12.3. The monoisotopic (exact) mass is 335 g/mol. The van der Waals surface area contributed by atoms with Gasteiger partial charge in [0.25, 0.3) is 0 Å². The van der Waals surface area contributed by atoms with E-state index in [1.165, 1.54) is 21.7 Å². The number of nitrogens with one attached hydrogen (secondary N) is 1. The second-order valence-electron chi connectivity index (χ2n) is 5.80. The summed E-state index contributed by atoms with van der Waals surface area (Å²) in [6, 6.07) is 6.32. The summed E-state index contributed by atoms with van der Waals surface area (Å²) in [5.74, 6) is 0. The van der Waals surface area contributed by atoms with E-state index in [0.29, 0.717) is 26.2 Å². The van der Waals surface area contributed by atoms with Gasteiger partial charge in [-0.05, 0) is 17.5 Å². The Kier molecular flexibility index (Phi) is 5.58. The molecule has 1 aromatic carbocycles. The third kappa shape index (κ3) is 4.27. The molecule has 7 heteroatoms. The molecule has 1 fully saturated rings. The molecule has 2 aliphatic rings. The van der Waals surface area contributed by atoms with Gasteiger partial charge in [-0.25, -0.2) is 0 Å². The predicted octanol–water partition coefficient (Wildman–Crippen LogP) is 2.76. The first kappa shape index (κ1) is 17.4. The van der Waals surface area contributed by atoms with Gasteiger partial charge in [0.15, 0.2) is 0 Å². The van der Waals surface area contributed by atoms with Gasteiger partial charge >= 0.3 is 6.18 Å². The van der Waals surface area contributed by atoms with Gasteiger partial charge in [0.05, 0.1) is 6.54 Å². The van der Waals surface area contributed by atoms with Crippen LogP contribution in [0.3, 0.4) is 0 Å². The summed E-state index contributed by atoms with van der Waals surface area (Å²) in [6.07, 6.45) is -3.03. The van der Waals surface area contributed by atoms with Crippen molar-refractivity contribution >= 4 is 18.1 Å². The van der Waals surface area contributed by atoms with E-state index >= 15 is 0 Å². The highest BCUT2D eigenvalue weighted by Crippen LogP contribution is 2.27. The summed E-state index contributed by atoms with van der Waals surface area (Å²) in [5, 5.41) is 3.41. The van der Waals surface area contributed by atoms with Gasteiger partial charge in [0.2, 0.25) is 0 Å². The third-order valence-electron chi connectivity index (χ3n) is 4.19. The van der Waals surface area contributed by atoms with Crippen LogP contribution in [0.1, 0.15) is 11.1 Å². The maximum Gasteiger partial charge on any atom is 0.401 e. The molecule has 0 aliphatic carbocycles. The molecule has 0 bridgehead atoms. The Bertz CT molecular complexity index is 499. The molecule has 1 N–H and O–H groups in total. The highest BCUT2D eigenvalue weighted by Gasteiger charge is 2.32. The molecule has 1 saturated heterocycles. The Balaban J connectivity index is 0.00000176. The van der Waals surface area contributed by atoms with E-state index in [1.54, 1.807) is 0 Å². The smallest absolute Gasteiger partial charge is 0.384 e. The minimum Gasteiger partial charge on any atom is -0.384 e. The molecule has 0 amide bonds. The fraction of sp³-hybridized carbons (Fsp3) is 0.600. The van der Waals surface area contributed by atoms with Crippen molar-refractivity contribution in [1.82, 2.24) is 9.80 Å². The van der Waals surface area contributed by atoms with Crippen LogP contribution in [0.5, 0.6) is 0 Å². The molecule has 0 radical (unpaired) electrons. The molecular weight excluding hydrogens is 315 g/mol. The van der Waals surface area contributed by atoms with Crippen molar-refractivity contribution in [2.45, 2.75) is 19.1 Å².